The van der Waals surface area contributed by atoms with E-state index in [0.29, 0.717) is 6.07 Å². The average molecular weight is 254 g/mol. The molecular formula is C11H11FN2O4. The summed E-state index contributed by atoms with van der Waals surface area (Å²) in [4.78, 5) is 22.2. The zero-order valence-electron chi connectivity index (χ0n) is 9.59. The summed E-state index contributed by atoms with van der Waals surface area (Å²) < 4.78 is 13.4. The molecule has 0 aliphatic carbocycles. The molecule has 0 unspecified atom stereocenters. The molecule has 0 amide bonds. The number of likely N-dealkylation sites (N-methyl/N-ethyl adjacent to an activating group) is 1. The number of benzene rings is 1. The molecule has 0 radical (unpaired) electrons. The molecule has 7 heteroatoms. The van der Waals surface area contributed by atoms with Gasteiger partial charge in [0.1, 0.15) is 11.5 Å². The van der Waals surface area contributed by atoms with Crippen molar-refractivity contribution >= 4 is 17.3 Å². The Bertz CT molecular complexity index is 516. The molecule has 1 rings (SSSR count). The molecule has 0 saturated heterocycles. The number of hydrogen-bond acceptors (Lipinski definition) is 4. The second kappa shape index (κ2) is 5.26. The Labute approximate surface area is 102 Å². The Kier molecular flexibility index (Phi) is 3.98. The molecule has 0 saturated carbocycles. The highest BCUT2D eigenvalue weighted by Crippen LogP contribution is 2.30. The molecule has 18 heavy (non-hydrogen) atoms. The van der Waals surface area contributed by atoms with Gasteiger partial charge in [-0.3, -0.25) is 10.1 Å². The number of nitro groups is 1. The number of anilines is 1. The highest BCUT2D eigenvalue weighted by Gasteiger charge is 2.23. The fourth-order valence-electron chi connectivity index (χ4n) is 1.46. The first-order valence-electron chi connectivity index (χ1n) is 4.91. The van der Waals surface area contributed by atoms with E-state index in [9.17, 15) is 19.3 Å². The minimum absolute atomic E-state index is 0.0266. The number of nitro benzene ring substituents is 1. The summed E-state index contributed by atoms with van der Waals surface area (Å²) in [5.74, 6) is -2.61. The SMILES string of the molecule is C=CCN(C)c1cc(C(=O)O)c(F)cc1[N+](=O)[O-]. The molecule has 0 spiro atoms. The third-order valence-electron chi connectivity index (χ3n) is 2.31. The van der Waals surface area contributed by atoms with E-state index in [1.807, 2.05) is 0 Å². The smallest absolute Gasteiger partial charge is 0.338 e. The maximum atomic E-state index is 13.4. The molecule has 6 nitrogen and oxygen atoms in total. The molecule has 0 bridgehead atoms. The van der Waals surface area contributed by atoms with Gasteiger partial charge in [-0.25, -0.2) is 9.18 Å². The molecule has 0 aromatic heterocycles. The van der Waals surface area contributed by atoms with Crippen LogP contribution in [-0.4, -0.2) is 29.6 Å². The average Bonchev–Trinajstić information content (AvgIpc) is 2.28. The second-order valence-corrected chi connectivity index (χ2v) is 3.55. The van der Waals surface area contributed by atoms with E-state index < -0.39 is 28.0 Å². The van der Waals surface area contributed by atoms with Gasteiger partial charge < -0.3 is 10.0 Å². The Balaban J connectivity index is 3.44. The quantitative estimate of drug-likeness (QED) is 0.494. The summed E-state index contributed by atoms with van der Waals surface area (Å²) in [6.45, 7) is 3.74. The van der Waals surface area contributed by atoms with Gasteiger partial charge in [0.05, 0.1) is 16.6 Å². The van der Waals surface area contributed by atoms with Gasteiger partial charge in [0.15, 0.2) is 0 Å². The Morgan fingerprint density at radius 1 is 1.67 bits per heavy atom. The monoisotopic (exact) mass is 254 g/mol. The number of hydrogen-bond donors (Lipinski definition) is 1. The lowest BCUT2D eigenvalue weighted by atomic mass is 10.1. The van der Waals surface area contributed by atoms with E-state index in [-0.39, 0.29) is 12.2 Å². The van der Waals surface area contributed by atoms with Crippen LogP contribution in [0.5, 0.6) is 0 Å². The number of halogens is 1. The summed E-state index contributed by atoms with van der Waals surface area (Å²) >= 11 is 0. The molecule has 96 valence electrons. The van der Waals surface area contributed by atoms with E-state index in [4.69, 9.17) is 5.11 Å². The molecular weight excluding hydrogens is 243 g/mol. The van der Waals surface area contributed by atoms with Crippen molar-refractivity contribution < 1.29 is 19.2 Å². The van der Waals surface area contributed by atoms with Crippen LogP contribution in [0.25, 0.3) is 0 Å². The van der Waals surface area contributed by atoms with Crippen LogP contribution >= 0.6 is 0 Å². The summed E-state index contributed by atoms with van der Waals surface area (Å²) in [5.41, 5.74) is -1.06. The first-order chi connectivity index (χ1) is 8.38. The van der Waals surface area contributed by atoms with E-state index in [0.717, 1.165) is 6.07 Å². The summed E-state index contributed by atoms with van der Waals surface area (Å²) in [6, 6.07) is 1.55. The van der Waals surface area contributed by atoms with E-state index in [1.165, 1.54) is 18.0 Å². The van der Waals surface area contributed by atoms with Gasteiger partial charge in [-0.1, -0.05) is 6.08 Å². The van der Waals surface area contributed by atoms with E-state index >= 15 is 0 Å². The highest BCUT2D eigenvalue weighted by molar-refractivity contribution is 5.90. The van der Waals surface area contributed by atoms with Crippen LogP contribution in [-0.2, 0) is 0 Å². The topological polar surface area (TPSA) is 83.7 Å². The van der Waals surface area contributed by atoms with Gasteiger partial charge in [0.2, 0.25) is 0 Å². The van der Waals surface area contributed by atoms with Crippen molar-refractivity contribution in [1.82, 2.24) is 0 Å². The van der Waals surface area contributed by atoms with Gasteiger partial charge in [0, 0.05) is 13.6 Å². The number of rotatable bonds is 5. The van der Waals surface area contributed by atoms with Crippen molar-refractivity contribution in [3.63, 3.8) is 0 Å². The largest absolute Gasteiger partial charge is 0.478 e. The van der Waals surface area contributed by atoms with Gasteiger partial charge in [0.25, 0.3) is 5.69 Å². The van der Waals surface area contributed by atoms with Crippen molar-refractivity contribution in [3.05, 3.63) is 46.3 Å². The fourth-order valence-corrected chi connectivity index (χ4v) is 1.46. The minimum atomic E-state index is -1.48. The van der Waals surface area contributed by atoms with Crippen LogP contribution in [0.1, 0.15) is 10.4 Å². The second-order valence-electron chi connectivity index (χ2n) is 3.55. The number of carboxylic acids is 1. The zero-order chi connectivity index (χ0) is 13.9. The summed E-state index contributed by atoms with van der Waals surface area (Å²) in [7, 11) is 1.52. The van der Waals surface area contributed by atoms with Gasteiger partial charge >= 0.3 is 5.97 Å². The third kappa shape index (κ3) is 2.62. The molecule has 0 fully saturated rings. The third-order valence-corrected chi connectivity index (χ3v) is 2.31. The maximum Gasteiger partial charge on any atom is 0.338 e. The van der Waals surface area contributed by atoms with Crippen molar-refractivity contribution in [3.8, 4) is 0 Å². The lowest BCUT2D eigenvalue weighted by Gasteiger charge is -2.17. The predicted octanol–water partition coefficient (Wildman–Crippen LogP) is 2.05. The molecule has 0 aliphatic heterocycles. The number of nitrogens with zero attached hydrogens (tertiary/aromatic N) is 2. The fraction of sp³-hybridized carbons (Fsp3) is 0.182. The van der Waals surface area contributed by atoms with Crippen LogP contribution < -0.4 is 4.90 Å². The Morgan fingerprint density at radius 2 is 2.28 bits per heavy atom. The van der Waals surface area contributed by atoms with Crippen LogP contribution in [0.2, 0.25) is 0 Å². The van der Waals surface area contributed by atoms with Crippen molar-refractivity contribution in [2.45, 2.75) is 0 Å². The van der Waals surface area contributed by atoms with Crippen LogP contribution in [0.15, 0.2) is 24.8 Å². The van der Waals surface area contributed by atoms with Crippen molar-refractivity contribution in [2.75, 3.05) is 18.5 Å². The molecule has 1 aromatic rings. The molecule has 1 aromatic carbocycles. The summed E-state index contributed by atoms with van der Waals surface area (Å²) in [6.07, 6.45) is 1.49. The maximum absolute atomic E-state index is 13.4. The Morgan fingerprint density at radius 3 is 2.72 bits per heavy atom. The highest BCUT2D eigenvalue weighted by atomic mass is 19.1. The molecule has 1 N–H and O–H groups in total. The van der Waals surface area contributed by atoms with Crippen LogP contribution in [0, 0.1) is 15.9 Å². The van der Waals surface area contributed by atoms with Gasteiger partial charge in [-0.15, -0.1) is 6.58 Å². The van der Waals surface area contributed by atoms with Gasteiger partial charge in [-0.05, 0) is 6.07 Å². The normalized spacial score (nSPS) is 9.89. The number of carboxylic acid groups (broad SMARTS) is 1. The van der Waals surface area contributed by atoms with Crippen molar-refractivity contribution in [1.29, 1.82) is 0 Å². The molecule has 0 aliphatic rings. The lowest BCUT2D eigenvalue weighted by molar-refractivity contribution is -0.384. The number of carbonyl (C=O) groups is 1. The standard InChI is InChI=1S/C11H11FN2O4/c1-3-4-13(2)9-5-7(11(15)16)8(12)6-10(9)14(17)18/h3,5-6H,1,4H2,2H3,(H,15,16). The number of aromatic carboxylic acids is 1. The predicted molar refractivity (Wildman–Crippen MR) is 63.5 cm³/mol. The first-order valence-corrected chi connectivity index (χ1v) is 4.91. The van der Waals surface area contributed by atoms with E-state index in [2.05, 4.69) is 6.58 Å². The Hall–Kier alpha value is -2.44. The molecule has 0 atom stereocenters. The van der Waals surface area contributed by atoms with E-state index in [1.54, 1.807) is 0 Å². The first kappa shape index (κ1) is 13.6. The minimum Gasteiger partial charge on any atom is -0.478 e. The zero-order valence-corrected chi connectivity index (χ0v) is 9.59. The van der Waals surface area contributed by atoms with Crippen LogP contribution in [0.4, 0.5) is 15.8 Å². The van der Waals surface area contributed by atoms with Gasteiger partial charge in [-0.2, -0.15) is 0 Å². The van der Waals surface area contributed by atoms with Crippen molar-refractivity contribution in [2.24, 2.45) is 0 Å². The van der Waals surface area contributed by atoms with Crippen LogP contribution in [0.3, 0.4) is 0 Å². The lowest BCUT2D eigenvalue weighted by Crippen LogP contribution is -2.19. The summed E-state index contributed by atoms with van der Waals surface area (Å²) in [5, 5.41) is 19.6. The molecule has 0 heterocycles.